The third kappa shape index (κ3) is 5.09. The maximum Gasteiger partial charge on any atom is 0.262 e. The Morgan fingerprint density at radius 2 is 2.31 bits per heavy atom. The van der Waals surface area contributed by atoms with Crippen LogP contribution >= 0.6 is 23.4 Å². The number of amides is 1. The molecule has 1 amide bonds. The number of ether oxygens (including phenoxy) is 1. The molecule has 0 aliphatic rings. The standard InChI is InChI=1S/C18H22ClN3O3S/c1-4-8-20-16(23)12(2)26-18-21-15-11-13(19)6-7-14(15)17(24)22(18)9-5-10-25-3/h4,6-7,11-12H,1,5,8-10H2,2-3H3,(H,20,23)/t12-/m0/s1. The molecule has 0 saturated carbocycles. The van der Waals surface area contributed by atoms with Crippen molar-refractivity contribution in [1.82, 2.24) is 14.9 Å². The number of rotatable bonds is 9. The first-order valence-corrected chi connectivity index (χ1v) is 9.48. The molecule has 1 aromatic carbocycles. The topological polar surface area (TPSA) is 73.2 Å². The Labute approximate surface area is 161 Å². The minimum absolute atomic E-state index is 0.140. The van der Waals surface area contributed by atoms with Gasteiger partial charge >= 0.3 is 0 Å². The smallest absolute Gasteiger partial charge is 0.262 e. The van der Waals surface area contributed by atoms with Crippen LogP contribution < -0.4 is 10.9 Å². The predicted octanol–water partition coefficient (Wildman–Crippen LogP) is 2.87. The van der Waals surface area contributed by atoms with Crippen LogP contribution in [0.3, 0.4) is 0 Å². The number of nitrogens with zero attached hydrogens (tertiary/aromatic N) is 2. The van der Waals surface area contributed by atoms with E-state index in [1.165, 1.54) is 11.8 Å². The van der Waals surface area contributed by atoms with Crippen molar-refractivity contribution >= 4 is 40.2 Å². The number of hydrogen-bond donors (Lipinski definition) is 1. The number of halogens is 1. The van der Waals surface area contributed by atoms with E-state index >= 15 is 0 Å². The quantitative estimate of drug-likeness (QED) is 0.306. The summed E-state index contributed by atoms with van der Waals surface area (Å²) in [5, 5.41) is 3.84. The zero-order valence-corrected chi connectivity index (χ0v) is 16.4. The Balaban J connectivity index is 2.40. The fourth-order valence-corrected chi connectivity index (χ4v) is 3.48. The fourth-order valence-electron chi connectivity index (χ4n) is 2.36. The molecular weight excluding hydrogens is 374 g/mol. The van der Waals surface area contributed by atoms with Crippen molar-refractivity contribution < 1.29 is 9.53 Å². The van der Waals surface area contributed by atoms with Crippen LogP contribution in [0.15, 0.2) is 40.8 Å². The average molecular weight is 396 g/mol. The van der Waals surface area contributed by atoms with Crippen LogP contribution in [0.1, 0.15) is 13.3 Å². The van der Waals surface area contributed by atoms with Crippen molar-refractivity contribution in [2.45, 2.75) is 30.3 Å². The molecule has 0 radical (unpaired) electrons. The Bertz CT molecular complexity index is 853. The SMILES string of the molecule is C=CCNC(=O)[C@H](C)Sc1nc2cc(Cl)ccc2c(=O)n1CCCOC. The monoisotopic (exact) mass is 395 g/mol. The van der Waals surface area contributed by atoms with Crippen LogP contribution in [-0.4, -0.2) is 41.0 Å². The molecular formula is C18H22ClN3O3S. The third-order valence-corrected chi connectivity index (χ3v) is 5.01. The van der Waals surface area contributed by atoms with E-state index in [1.54, 1.807) is 42.9 Å². The summed E-state index contributed by atoms with van der Waals surface area (Å²) in [6.07, 6.45) is 2.29. The van der Waals surface area contributed by atoms with Gasteiger partial charge in [0.2, 0.25) is 5.91 Å². The highest BCUT2D eigenvalue weighted by molar-refractivity contribution is 8.00. The lowest BCUT2D eigenvalue weighted by Gasteiger charge is -2.16. The molecule has 1 N–H and O–H groups in total. The van der Waals surface area contributed by atoms with Gasteiger partial charge in [-0.2, -0.15) is 0 Å². The fraction of sp³-hybridized carbons (Fsp3) is 0.389. The highest BCUT2D eigenvalue weighted by Gasteiger charge is 2.19. The van der Waals surface area contributed by atoms with E-state index in [2.05, 4.69) is 16.9 Å². The predicted molar refractivity (Wildman–Crippen MR) is 106 cm³/mol. The van der Waals surface area contributed by atoms with Crippen molar-refractivity contribution in [2.75, 3.05) is 20.3 Å². The van der Waals surface area contributed by atoms with E-state index in [-0.39, 0.29) is 11.5 Å². The maximum absolute atomic E-state index is 12.9. The minimum Gasteiger partial charge on any atom is -0.385 e. The van der Waals surface area contributed by atoms with Crippen LogP contribution in [0.25, 0.3) is 10.9 Å². The highest BCUT2D eigenvalue weighted by Crippen LogP contribution is 2.24. The number of fused-ring (bicyclic) bond motifs is 1. The lowest BCUT2D eigenvalue weighted by atomic mass is 10.2. The molecule has 0 unspecified atom stereocenters. The zero-order chi connectivity index (χ0) is 19.1. The number of methoxy groups -OCH3 is 1. The summed E-state index contributed by atoms with van der Waals surface area (Å²) in [6, 6.07) is 5.00. The summed E-state index contributed by atoms with van der Waals surface area (Å²) in [4.78, 5) is 29.6. The first-order valence-electron chi connectivity index (χ1n) is 8.22. The number of carbonyl (C=O) groups is 1. The first-order chi connectivity index (χ1) is 12.5. The lowest BCUT2D eigenvalue weighted by Crippen LogP contribution is -2.32. The zero-order valence-electron chi connectivity index (χ0n) is 14.8. The molecule has 2 rings (SSSR count). The lowest BCUT2D eigenvalue weighted by molar-refractivity contribution is -0.120. The molecule has 8 heteroatoms. The van der Waals surface area contributed by atoms with Crippen molar-refractivity contribution in [3.8, 4) is 0 Å². The molecule has 140 valence electrons. The molecule has 6 nitrogen and oxygen atoms in total. The average Bonchev–Trinajstić information content (AvgIpc) is 2.61. The molecule has 0 fully saturated rings. The number of aromatic nitrogens is 2. The van der Waals surface area contributed by atoms with E-state index in [1.807, 2.05) is 0 Å². The number of nitrogens with one attached hydrogen (secondary N) is 1. The molecule has 2 aromatic rings. The van der Waals surface area contributed by atoms with Crippen LogP contribution in [0.2, 0.25) is 5.02 Å². The van der Waals surface area contributed by atoms with Gasteiger partial charge in [-0.05, 0) is 31.5 Å². The van der Waals surface area contributed by atoms with Gasteiger partial charge in [-0.3, -0.25) is 14.2 Å². The first kappa shape index (κ1) is 20.5. The molecule has 0 spiro atoms. The number of hydrogen-bond acceptors (Lipinski definition) is 5. The van der Waals surface area contributed by atoms with Crippen molar-refractivity contribution in [3.05, 3.63) is 46.2 Å². The summed E-state index contributed by atoms with van der Waals surface area (Å²) < 4.78 is 6.67. The van der Waals surface area contributed by atoms with Crippen LogP contribution in [0.5, 0.6) is 0 Å². The Morgan fingerprint density at radius 3 is 3.00 bits per heavy atom. The van der Waals surface area contributed by atoms with E-state index in [0.29, 0.717) is 47.2 Å². The Kier molecular flexibility index (Phi) is 7.68. The molecule has 0 bridgehead atoms. The highest BCUT2D eigenvalue weighted by atomic mass is 35.5. The summed E-state index contributed by atoms with van der Waals surface area (Å²) in [5.74, 6) is -0.140. The number of thioether (sulfide) groups is 1. The number of benzene rings is 1. The van der Waals surface area contributed by atoms with Gasteiger partial charge in [0, 0.05) is 31.8 Å². The summed E-state index contributed by atoms with van der Waals surface area (Å²) in [7, 11) is 1.62. The second-order valence-electron chi connectivity index (χ2n) is 5.65. The van der Waals surface area contributed by atoms with Crippen molar-refractivity contribution in [3.63, 3.8) is 0 Å². The van der Waals surface area contributed by atoms with Gasteiger partial charge in [0.15, 0.2) is 5.16 Å². The van der Waals surface area contributed by atoms with E-state index in [4.69, 9.17) is 16.3 Å². The van der Waals surface area contributed by atoms with Gasteiger partial charge < -0.3 is 10.1 Å². The molecule has 1 aromatic heterocycles. The van der Waals surface area contributed by atoms with Gasteiger partial charge in [0.05, 0.1) is 16.2 Å². The summed E-state index contributed by atoms with van der Waals surface area (Å²) in [6.45, 7) is 6.74. The van der Waals surface area contributed by atoms with Gasteiger partial charge in [-0.25, -0.2) is 4.98 Å². The molecule has 26 heavy (non-hydrogen) atoms. The third-order valence-electron chi connectivity index (χ3n) is 3.68. The summed E-state index contributed by atoms with van der Waals surface area (Å²) in [5.41, 5.74) is 0.371. The molecule has 1 atom stereocenters. The Morgan fingerprint density at radius 1 is 1.54 bits per heavy atom. The van der Waals surface area contributed by atoms with E-state index in [0.717, 1.165) is 0 Å². The van der Waals surface area contributed by atoms with Crippen LogP contribution in [0.4, 0.5) is 0 Å². The second-order valence-corrected chi connectivity index (χ2v) is 7.40. The summed E-state index contributed by atoms with van der Waals surface area (Å²) >= 11 is 7.28. The van der Waals surface area contributed by atoms with Gasteiger partial charge in [0.1, 0.15) is 0 Å². The van der Waals surface area contributed by atoms with E-state index < -0.39 is 5.25 Å². The largest absolute Gasteiger partial charge is 0.385 e. The number of carbonyl (C=O) groups excluding carboxylic acids is 1. The maximum atomic E-state index is 12.9. The van der Waals surface area contributed by atoms with Gasteiger partial charge in [0.25, 0.3) is 5.56 Å². The Hall–Kier alpha value is -1.83. The molecule has 1 heterocycles. The minimum atomic E-state index is -0.410. The van der Waals surface area contributed by atoms with Crippen LogP contribution in [-0.2, 0) is 16.1 Å². The van der Waals surface area contributed by atoms with E-state index in [9.17, 15) is 9.59 Å². The van der Waals surface area contributed by atoms with Crippen LogP contribution in [0, 0.1) is 0 Å². The van der Waals surface area contributed by atoms with Gasteiger partial charge in [-0.15, -0.1) is 6.58 Å². The normalized spacial score (nSPS) is 12.1. The second kappa shape index (κ2) is 9.75. The van der Waals surface area contributed by atoms with Crippen molar-refractivity contribution in [1.29, 1.82) is 0 Å². The van der Waals surface area contributed by atoms with Gasteiger partial charge in [-0.1, -0.05) is 29.4 Å². The van der Waals surface area contributed by atoms with Crippen molar-refractivity contribution in [2.24, 2.45) is 0 Å². The molecule has 0 aliphatic heterocycles. The molecule has 0 aliphatic carbocycles. The molecule has 0 saturated heterocycles.